The van der Waals surface area contributed by atoms with Crippen LogP contribution in [-0.4, -0.2) is 107 Å². The number of aromatic nitrogens is 2. The minimum Gasteiger partial charge on any atom is -0.598 e. The van der Waals surface area contributed by atoms with Crippen molar-refractivity contribution in [2.45, 2.75) is 44.8 Å². The molecule has 1 unspecified atom stereocenters. The van der Waals surface area contributed by atoms with Crippen molar-refractivity contribution in [3.05, 3.63) is 46.0 Å². The highest BCUT2D eigenvalue weighted by Crippen LogP contribution is 2.32. The van der Waals surface area contributed by atoms with E-state index in [0.717, 1.165) is 57.5 Å². The third-order valence-electron chi connectivity index (χ3n) is 8.09. The average Bonchev–Trinajstić information content (AvgIpc) is 3.01. The van der Waals surface area contributed by atoms with Gasteiger partial charge in [-0.15, -0.1) is 4.72 Å². The molecule has 2 fully saturated rings. The second-order valence-corrected chi connectivity index (χ2v) is 13.0. The molecule has 1 aromatic carbocycles. The van der Waals surface area contributed by atoms with Crippen molar-refractivity contribution in [2.75, 3.05) is 75.9 Å². The minimum absolute atomic E-state index is 0.0191. The fraction of sp³-hybridized carbons (Fsp3) is 0.586. The fourth-order valence-corrected chi connectivity index (χ4v) is 6.63. The van der Waals surface area contributed by atoms with Gasteiger partial charge in [0.25, 0.3) is 0 Å². The number of nitrogens with two attached hydrogens (primary N) is 1. The Kier molecular flexibility index (Phi) is 13.0. The maximum atomic E-state index is 14.4. The normalized spacial score (nSPS) is 19.2. The van der Waals surface area contributed by atoms with Crippen LogP contribution in [0.25, 0.3) is 5.70 Å². The molecular formula is C29H43Cl2FN8O3S. The second-order valence-electron chi connectivity index (χ2n) is 11.0. The van der Waals surface area contributed by atoms with Gasteiger partial charge < -0.3 is 30.3 Å². The molecule has 2 atom stereocenters. The first kappa shape index (κ1) is 34.8. The first-order valence-corrected chi connectivity index (χ1v) is 17.2. The highest BCUT2D eigenvalue weighted by Gasteiger charge is 2.34. The molecule has 15 heteroatoms. The number of nitrogens with zero attached hydrogens (tertiary/aromatic N) is 5. The number of benzene rings is 1. The van der Waals surface area contributed by atoms with Crippen LogP contribution in [0, 0.1) is 5.82 Å². The standard InChI is InChI=1S/C29H43Cl2FN8O3S/c1-4-21-18-39(29-27(31)36-26(28(33)37-29)19(2)34-7-13-41)11-12-40(21)22-5-9-38(10-6-22)17-20-15-24(32)23(30)16-25(20)43-14-8-35-44(3)42/h15-16,21-22,34-35,41H,2,4-14,17-18H2,1,3H3,(H2,33,37)/t21-,44?/m0/s1. The summed E-state index contributed by atoms with van der Waals surface area (Å²) in [4.78, 5) is 16.1. The second kappa shape index (κ2) is 16.5. The van der Waals surface area contributed by atoms with Gasteiger partial charge in [-0.2, -0.15) is 0 Å². The lowest BCUT2D eigenvalue weighted by Crippen LogP contribution is -2.58. The highest BCUT2D eigenvalue weighted by molar-refractivity contribution is 7.88. The topological polar surface area (TPSA) is 138 Å². The van der Waals surface area contributed by atoms with E-state index in [2.05, 4.69) is 48.2 Å². The van der Waals surface area contributed by atoms with Gasteiger partial charge in [0, 0.05) is 67.8 Å². The number of anilines is 2. The lowest BCUT2D eigenvalue weighted by atomic mass is 9.97. The number of nitrogens with one attached hydrogen (secondary N) is 2. The first-order chi connectivity index (χ1) is 21.1. The summed E-state index contributed by atoms with van der Waals surface area (Å²) in [5.41, 5.74) is 7.83. The summed E-state index contributed by atoms with van der Waals surface area (Å²) in [6.07, 6.45) is 4.54. The smallest absolute Gasteiger partial charge is 0.172 e. The summed E-state index contributed by atoms with van der Waals surface area (Å²) in [7, 11) is 0. The van der Waals surface area contributed by atoms with Crippen molar-refractivity contribution in [2.24, 2.45) is 0 Å². The molecular weight excluding hydrogens is 630 g/mol. The van der Waals surface area contributed by atoms with Gasteiger partial charge in [-0.25, -0.2) is 14.4 Å². The average molecular weight is 674 g/mol. The van der Waals surface area contributed by atoms with Crippen LogP contribution >= 0.6 is 23.2 Å². The van der Waals surface area contributed by atoms with Crippen LogP contribution in [0.3, 0.4) is 0 Å². The van der Waals surface area contributed by atoms with Gasteiger partial charge in [-0.1, -0.05) is 36.7 Å². The zero-order chi connectivity index (χ0) is 31.8. The Morgan fingerprint density at radius 2 is 1.98 bits per heavy atom. The molecule has 2 aliphatic heterocycles. The molecule has 0 bridgehead atoms. The van der Waals surface area contributed by atoms with E-state index < -0.39 is 17.2 Å². The fourth-order valence-electron chi connectivity index (χ4n) is 5.86. The van der Waals surface area contributed by atoms with Gasteiger partial charge in [0.2, 0.25) is 0 Å². The number of likely N-dealkylation sites (tertiary alicyclic amines) is 1. The SMILES string of the molecule is C=C(NCCO)c1nc(Cl)c(N2CCN(C3CCN(Cc4cc(F)c(Cl)cc4OCCN[S+](C)[O-])CC3)[C@@H](CC)C2)nc1N. The third kappa shape index (κ3) is 9.00. The summed E-state index contributed by atoms with van der Waals surface area (Å²) in [6.45, 7) is 11.8. The third-order valence-corrected chi connectivity index (χ3v) is 9.24. The van der Waals surface area contributed by atoms with Crippen LogP contribution in [-0.2, 0) is 17.9 Å². The van der Waals surface area contributed by atoms with Crippen LogP contribution in [0.5, 0.6) is 5.75 Å². The van der Waals surface area contributed by atoms with Crippen LogP contribution in [0.4, 0.5) is 16.0 Å². The molecule has 2 aromatic rings. The zero-order valence-corrected chi connectivity index (χ0v) is 27.7. The summed E-state index contributed by atoms with van der Waals surface area (Å²) >= 11 is 11.5. The molecule has 4 rings (SSSR count). The molecule has 244 valence electrons. The van der Waals surface area contributed by atoms with Gasteiger partial charge in [0.05, 0.1) is 23.9 Å². The lowest BCUT2D eigenvalue weighted by Gasteiger charge is -2.47. The van der Waals surface area contributed by atoms with E-state index in [1.807, 2.05) is 0 Å². The molecule has 0 aliphatic carbocycles. The Balaban J connectivity index is 1.34. The number of piperazine rings is 1. The number of rotatable bonds is 14. The van der Waals surface area contributed by atoms with E-state index >= 15 is 0 Å². The molecule has 2 aliphatic rings. The quantitative estimate of drug-likeness (QED) is 0.174. The van der Waals surface area contributed by atoms with Crippen LogP contribution in [0.1, 0.15) is 37.4 Å². The predicted octanol–water partition coefficient (Wildman–Crippen LogP) is 2.88. The van der Waals surface area contributed by atoms with Crippen molar-refractivity contribution in [3.63, 3.8) is 0 Å². The molecule has 0 saturated carbocycles. The zero-order valence-electron chi connectivity index (χ0n) is 25.3. The molecule has 0 spiro atoms. The Bertz CT molecular complexity index is 1270. The molecule has 1 aromatic heterocycles. The number of ether oxygens (including phenoxy) is 1. The Labute approximate surface area is 272 Å². The van der Waals surface area contributed by atoms with E-state index in [0.29, 0.717) is 61.3 Å². The maximum Gasteiger partial charge on any atom is 0.172 e. The molecule has 5 N–H and O–H groups in total. The molecule has 44 heavy (non-hydrogen) atoms. The Morgan fingerprint density at radius 3 is 2.66 bits per heavy atom. The molecule has 2 saturated heterocycles. The van der Waals surface area contributed by atoms with E-state index in [1.165, 1.54) is 12.1 Å². The van der Waals surface area contributed by atoms with Crippen molar-refractivity contribution in [1.82, 2.24) is 29.8 Å². The van der Waals surface area contributed by atoms with Crippen LogP contribution < -0.4 is 25.4 Å². The van der Waals surface area contributed by atoms with E-state index in [9.17, 15) is 8.94 Å². The number of hydrogen-bond acceptors (Lipinski definition) is 11. The number of aliphatic hydroxyl groups is 1. The van der Waals surface area contributed by atoms with Gasteiger partial charge >= 0.3 is 0 Å². The number of halogens is 3. The molecule has 3 heterocycles. The van der Waals surface area contributed by atoms with Crippen LogP contribution in [0.2, 0.25) is 10.2 Å². The van der Waals surface area contributed by atoms with Gasteiger partial charge in [0.1, 0.15) is 30.1 Å². The predicted molar refractivity (Wildman–Crippen MR) is 176 cm³/mol. The van der Waals surface area contributed by atoms with Gasteiger partial charge in [0.15, 0.2) is 16.8 Å². The summed E-state index contributed by atoms with van der Waals surface area (Å²) in [6, 6.07) is 3.73. The summed E-state index contributed by atoms with van der Waals surface area (Å²) < 4.78 is 34.3. The van der Waals surface area contributed by atoms with E-state index in [4.69, 9.17) is 38.8 Å². The van der Waals surface area contributed by atoms with E-state index in [-0.39, 0.29) is 22.6 Å². The maximum absolute atomic E-state index is 14.4. The molecule has 0 radical (unpaired) electrons. The molecule has 11 nitrogen and oxygen atoms in total. The van der Waals surface area contributed by atoms with Crippen molar-refractivity contribution in [1.29, 1.82) is 0 Å². The lowest BCUT2D eigenvalue weighted by molar-refractivity contribution is 0.0607. The minimum atomic E-state index is -1.13. The van der Waals surface area contributed by atoms with Crippen LogP contribution in [0.15, 0.2) is 18.7 Å². The number of aliphatic hydroxyl groups excluding tert-OH is 1. The highest BCUT2D eigenvalue weighted by atomic mass is 35.5. The number of piperidine rings is 1. The monoisotopic (exact) mass is 672 g/mol. The largest absolute Gasteiger partial charge is 0.598 e. The summed E-state index contributed by atoms with van der Waals surface area (Å²) in [5.74, 6) is 0.893. The van der Waals surface area contributed by atoms with Gasteiger partial charge in [-0.3, -0.25) is 9.80 Å². The van der Waals surface area contributed by atoms with Crippen molar-refractivity contribution >= 4 is 51.9 Å². The summed E-state index contributed by atoms with van der Waals surface area (Å²) in [5, 5.41) is 12.3. The van der Waals surface area contributed by atoms with E-state index in [1.54, 1.807) is 6.26 Å². The molecule has 0 amide bonds. The van der Waals surface area contributed by atoms with Gasteiger partial charge in [-0.05, 0) is 38.4 Å². The number of nitrogen functional groups attached to an aromatic ring is 1. The first-order valence-electron chi connectivity index (χ1n) is 14.9. The Hall–Kier alpha value is -2.10. The Morgan fingerprint density at radius 1 is 1.23 bits per heavy atom. The van der Waals surface area contributed by atoms with Crippen molar-refractivity contribution in [3.8, 4) is 5.75 Å². The van der Waals surface area contributed by atoms with Crippen molar-refractivity contribution < 1.29 is 18.8 Å². The number of hydrogen-bond donors (Lipinski definition) is 4.